The van der Waals surface area contributed by atoms with Gasteiger partial charge in [0.15, 0.2) is 0 Å². The van der Waals surface area contributed by atoms with Crippen molar-refractivity contribution in [3.05, 3.63) is 41.4 Å². The molecule has 0 spiro atoms. The molecule has 4 atom stereocenters. The minimum atomic E-state index is -1.06. The number of carbonyl (C=O) groups is 2. The van der Waals surface area contributed by atoms with Crippen LogP contribution in [0.2, 0.25) is 5.02 Å². The summed E-state index contributed by atoms with van der Waals surface area (Å²) < 4.78 is 5.67. The van der Waals surface area contributed by atoms with Crippen LogP contribution in [0.4, 0.5) is 5.69 Å². The molecule has 108 valence electrons. The molecule has 4 unspecified atom stereocenters. The Morgan fingerprint density at radius 1 is 1.33 bits per heavy atom. The third-order valence-electron chi connectivity index (χ3n) is 4.47. The van der Waals surface area contributed by atoms with E-state index in [0.29, 0.717) is 10.7 Å². The first-order valence-electron chi connectivity index (χ1n) is 6.69. The van der Waals surface area contributed by atoms with Gasteiger partial charge in [-0.15, -0.1) is 0 Å². The molecule has 21 heavy (non-hydrogen) atoms. The normalized spacial score (nSPS) is 36.7. The number of carbonyl (C=O) groups excluding carboxylic acids is 2. The predicted octanol–water partition coefficient (Wildman–Crippen LogP) is 1.15. The number of aliphatic hydroxyl groups excluding tert-OH is 1. The topological polar surface area (TPSA) is 66.8 Å². The average molecular weight is 306 g/mol. The van der Waals surface area contributed by atoms with Crippen molar-refractivity contribution in [2.45, 2.75) is 11.7 Å². The maximum absolute atomic E-state index is 12.7. The lowest BCUT2D eigenvalue weighted by Crippen LogP contribution is -2.43. The second-order valence-corrected chi connectivity index (χ2v) is 5.99. The summed E-state index contributed by atoms with van der Waals surface area (Å²) in [5.74, 6) is -1.86. The highest BCUT2D eigenvalue weighted by Crippen LogP contribution is 2.52. The van der Waals surface area contributed by atoms with E-state index >= 15 is 0 Å². The predicted molar refractivity (Wildman–Crippen MR) is 74.8 cm³/mol. The zero-order valence-electron chi connectivity index (χ0n) is 10.9. The van der Waals surface area contributed by atoms with Crippen LogP contribution in [0.3, 0.4) is 0 Å². The molecule has 0 aliphatic carbocycles. The fourth-order valence-electron chi connectivity index (χ4n) is 3.55. The van der Waals surface area contributed by atoms with Crippen molar-refractivity contribution in [3.63, 3.8) is 0 Å². The summed E-state index contributed by atoms with van der Waals surface area (Å²) in [5, 5.41) is 10.1. The van der Waals surface area contributed by atoms with Crippen LogP contribution >= 0.6 is 11.6 Å². The van der Waals surface area contributed by atoms with Crippen molar-refractivity contribution in [2.24, 2.45) is 11.8 Å². The highest BCUT2D eigenvalue weighted by atomic mass is 35.5. The molecule has 5 nitrogen and oxygen atoms in total. The summed E-state index contributed by atoms with van der Waals surface area (Å²) in [6.45, 7) is -0.316. The number of ether oxygens (including phenoxy) is 1. The Morgan fingerprint density at radius 3 is 2.86 bits per heavy atom. The highest BCUT2D eigenvalue weighted by molar-refractivity contribution is 6.31. The van der Waals surface area contributed by atoms with Gasteiger partial charge in [0, 0.05) is 5.02 Å². The fraction of sp³-hybridized carbons (Fsp3) is 0.333. The van der Waals surface area contributed by atoms with Crippen LogP contribution in [0.25, 0.3) is 0 Å². The van der Waals surface area contributed by atoms with Gasteiger partial charge in [-0.1, -0.05) is 29.8 Å². The van der Waals surface area contributed by atoms with Crippen molar-refractivity contribution in [1.29, 1.82) is 0 Å². The SMILES string of the molecule is O=C1C2C3C=CC(CO)(O3)C2C(=O)N1c1cccc(Cl)c1. The molecule has 3 aliphatic heterocycles. The summed E-state index contributed by atoms with van der Waals surface area (Å²) in [6.07, 6.45) is 3.01. The number of rotatable bonds is 2. The molecule has 0 radical (unpaired) electrons. The van der Waals surface area contributed by atoms with Crippen molar-refractivity contribution in [3.8, 4) is 0 Å². The van der Waals surface area contributed by atoms with E-state index in [9.17, 15) is 14.7 Å². The second-order valence-electron chi connectivity index (χ2n) is 5.55. The number of anilines is 1. The molecule has 2 amide bonds. The number of halogens is 1. The van der Waals surface area contributed by atoms with Gasteiger partial charge in [0.05, 0.1) is 30.2 Å². The van der Waals surface area contributed by atoms with E-state index in [1.165, 1.54) is 0 Å². The van der Waals surface area contributed by atoms with E-state index in [0.717, 1.165) is 4.90 Å². The first-order valence-corrected chi connectivity index (χ1v) is 7.07. The lowest BCUT2D eigenvalue weighted by Gasteiger charge is -2.26. The van der Waals surface area contributed by atoms with Gasteiger partial charge in [0.1, 0.15) is 5.60 Å². The Hall–Kier alpha value is -1.69. The third-order valence-corrected chi connectivity index (χ3v) is 4.70. The molecule has 1 N–H and O–H groups in total. The molecule has 2 fully saturated rings. The molecular formula is C15H12ClNO4. The lowest BCUT2D eigenvalue weighted by molar-refractivity contribution is -0.128. The smallest absolute Gasteiger partial charge is 0.241 e. The molecule has 6 heteroatoms. The summed E-state index contributed by atoms with van der Waals surface area (Å²) in [7, 11) is 0. The van der Waals surface area contributed by atoms with Crippen LogP contribution in [0.5, 0.6) is 0 Å². The van der Waals surface area contributed by atoms with Crippen LogP contribution in [-0.4, -0.2) is 35.2 Å². The molecule has 4 rings (SSSR count). The van der Waals surface area contributed by atoms with Crippen LogP contribution < -0.4 is 4.90 Å². The molecule has 1 aromatic rings. The first kappa shape index (κ1) is 13.0. The van der Waals surface area contributed by atoms with Crippen molar-refractivity contribution in [2.75, 3.05) is 11.5 Å². The fourth-order valence-corrected chi connectivity index (χ4v) is 3.74. The van der Waals surface area contributed by atoms with E-state index in [1.54, 1.807) is 36.4 Å². The van der Waals surface area contributed by atoms with Gasteiger partial charge in [0.2, 0.25) is 11.8 Å². The van der Waals surface area contributed by atoms with Gasteiger partial charge in [-0.3, -0.25) is 9.59 Å². The van der Waals surface area contributed by atoms with Crippen LogP contribution in [0, 0.1) is 11.8 Å². The molecule has 2 saturated heterocycles. The summed E-state index contributed by atoms with van der Waals surface area (Å²) >= 11 is 5.94. The molecule has 0 aromatic heterocycles. The Kier molecular flexibility index (Phi) is 2.58. The molecule has 3 heterocycles. The van der Waals surface area contributed by atoms with Crippen LogP contribution in [0.15, 0.2) is 36.4 Å². The highest BCUT2D eigenvalue weighted by Gasteiger charge is 2.67. The van der Waals surface area contributed by atoms with Gasteiger partial charge < -0.3 is 9.84 Å². The van der Waals surface area contributed by atoms with E-state index < -0.39 is 23.5 Å². The number of amides is 2. The van der Waals surface area contributed by atoms with Crippen molar-refractivity contribution in [1.82, 2.24) is 0 Å². The summed E-state index contributed by atoms with van der Waals surface area (Å²) in [6, 6.07) is 6.63. The number of hydrogen-bond donors (Lipinski definition) is 1. The summed E-state index contributed by atoms with van der Waals surface area (Å²) in [4.78, 5) is 26.5. The molecule has 1 aromatic carbocycles. The lowest BCUT2D eigenvalue weighted by atomic mass is 9.77. The number of benzene rings is 1. The van der Waals surface area contributed by atoms with E-state index in [4.69, 9.17) is 16.3 Å². The van der Waals surface area contributed by atoms with Crippen molar-refractivity contribution >= 4 is 29.1 Å². The third kappa shape index (κ3) is 1.54. The van der Waals surface area contributed by atoms with Gasteiger partial charge in [-0.25, -0.2) is 4.90 Å². The first-order chi connectivity index (χ1) is 10.1. The minimum absolute atomic E-state index is 0.294. The Balaban J connectivity index is 1.79. The van der Waals surface area contributed by atoms with Crippen LogP contribution in [-0.2, 0) is 14.3 Å². The molecular weight excluding hydrogens is 294 g/mol. The molecule has 0 saturated carbocycles. The maximum atomic E-state index is 12.7. The number of aliphatic hydroxyl groups is 1. The van der Waals surface area contributed by atoms with E-state index in [2.05, 4.69) is 0 Å². The zero-order valence-corrected chi connectivity index (χ0v) is 11.7. The maximum Gasteiger partial charge on any atom is 0.241 e. The minimum Gasteiger partial charge on any atom is -0.393 e. The Morgan fingerprint density at radius 2 is 2.14 bits per heavy atom. The summed E-state index contributed by atoms with van der Waals surface area (Å²) in [5.41, 5.74) is -0.602. The number of fused-ring (bicyclic) bond motifs is 5. The van der Waals surface area contributed by atoms with E-state index in [-0.39, 0.29) is 18.4 Å². The Bertz CT molecular complexity index is 688. The second kappa shape index (κ2) is 4.16. The van der Waals surface area contributed by atoms with Crippen LogP contribution in [0.1, 0.15) is 0 Å². The number of hydrogen-bond acceptors (Lipinski definition) is 4. The number of imide groups is 1. The molecule has 2 bridgehead atoms. The van der Waals surface area contributed by atoms with Gasteiger partial charge >= 0.3 is 0 Å². The quantitative estimate of drug-likeness (QED) is 0.657. The van der Waals surface area contributed by atoms with Crippen molar-refractivity contribution < 1.29 is 19.4 Å². The zero-order chi connectivity index (χ0) is 14.8. The van der Waals surface area contributed by atoms with Gasteiger partial charge in [-0.2, -0.15) is 0 Å². The standard InChI is InChI=1S/C15H12ClNO4/c16-8-2-1-3-9(6-8)17-13(19)11-10-4-5-15(7-18,21-10)12(11)14(17)20/h1-6,10-12,18H,7H2. The number of nitrogens with zero attached hydrogens (tertiary/aromatic N) is 1. The largest absolute Gasteiger partial charge is 0.393 e. The average Bonchev–Trinajstić information content (AvgIpc) is 3.10. The molecule has 3 aliphatic rings. The van der Waals surface area contributed by atoms with Gasteiger partial charge in [-0.05, 0) is 18.2 Å². The monoisotopic (exact) mass is 305 g/mol. The van der Waals surface area contributed by atoms with E-state index in [1.807, 2.05) is 0 Å². The Labute approximate surface area is 125 Å². The van der Waals surface area contributed by atoms with Gasteiger partial charge in [0.25, 0.3) is 0 Å².